The number of aliphatic hydroxyl groups excluding tert-OH is 1. The fraction of sp³-hybridized carbons (Fsp3) is 0.368. The minimum absolute atomic E-state index is 0.262. The molecule has 3 heteroatoms. The van der Waals surface area contributed by atoms with Crippen molar-refractivity contribution in [2.24, 2.45) is 0 Å². The van der Waals surface area contributed by atoms with Crippen LogP contribution in [0.1, 0.15) is 24.0 Å². The molecule has 1 heterocycles. The predicted molar refractivity (Wildman–Crippen MR) is 85.9 cm³/mol. The van der Waals surface area contributed by atoms with Gasteiger partial charge in [0.15, 0.2) is 0 Å². The Labute approximate surface area is 131 Å². The van der Waals surface area contributed by atoms with Crippen LogP contribution >= 0.6 is 0 Å². The maximum Gasteiger partial charge on any atom is 0.119 e. The fourth-order valence-electron chi connectivity index (χ4n) is 2.45. The third-order valence-corrected chi connectivity index (χ3v) is 3.88. The van der Waals surface area contributed by atoms with Crippen molar-refractivity contribution < 1.29 is 14.6 Å². The van der Waals surface area contributed by atoms with Crippen molar-refractivity contribution in [3.05, 3.63) is 65.7 Å². The van der Waals surface area contributed by atoms with E-state index in [0.29, 0.717) is 12.7 Å². The Bertz CT molecular complexity index is 561. The molecule has 0 unspecified atom stereocenters. The van der Waals surface area contributed by atoms with Crippen molar-refractivity contribution in [2.45, 2.75) is 38.1 Å². The molecule has 1 fully saturated rings. The summed E-state index contributed by atoms with van der Waals surface area (Å²) in [5.41, 5.74) is 2.39. The zero-order valence-corrected chi connectivity index (χ0v) is 12.7. The largest absolute Gasteiger partial charge is 0.489 e. The predicted octanol–water partition coefficient (Wildman–Crippen LogP) is 3.35. The second kappa shape index (κ2) is 7.43. The maximum absolute atomic E-state index is 9.88. The standard InChI is InChI=1S/C19H22O3/c20-17(12-19-14-22-19)9-6-15-7-10-18(11-8-15)21-13-16-4-2-1-3-5-16/h1-5,7-8,10-11,17,19-20H,6,9,12-14H2/t17-,19-/m0/s1. The van der Waals surface area contributed by atoms with Gasteiger partial charge < -0.3 is 14.6 Å². The Morgan fingerprint density at radius 2 is 1.77 bits per heavy atom. The van der Waals surface area contributed by atoms with Crippen LogP contribution in [-0.4, -0.2) is 23.9 Å². The van der Waals surface area contributed by atoms with Gasteiger partial charge in [0.2, 0.25) is 0 Å². The van der Waals surface area contributed by atoms with Gasteiger partial charge in [-0.1, -0.05) is 42.5 Å². The molecule has 2 atom stereocenters. The first-order chi connectivity index (χ1) is 10.8. The zero-order chi connectivity index (χ0) is 15.2. The molecule has 3 nitrogen and oxygen atoms in total. The summed E-state index contributed by atoms with van der Waals surface area (Å²) in [4.78, 5) is 0. The molecule has 3 rings (SSSR count). The quantitative estimate of drug-likeness (QED) is 0.760. The van der Waals surface area contributed by atoms with Crippen LogP contribution in [0.2, 0.25) is 0 Å². The third-order valence-electron chi connectivity index (χ3n) is 3.88. The molecule has 2 aromatic carbocycles. The van der Waals surface area contributed by atoms with E-state index in [2.05, 4.69) is 24.3 Å². The lowest BCUT2D eigenvalue weighted by atomic mass is 10.0. The van der Waals surface area contributed by atoms with E-state index < -0.39 is 0 Å². The lowest BCUT2D eigenvalue weighted by Gasteiger charge is -2.10. The Morgan fingerprint density at radius 3 is 2.45 bits per heavy atom. The highest BCUT2D eigenvalue weighted by Crippen LogP contribution is 2.19. The third kappa shape index (κ3) is 4.86. The summed E-state index contributed by atoms with van der Waals surface area (Å²) in [6.45, 7) is 1.39. The summed E-state index contributed by atoms with van der Waals surface area (Å²) in [5, 5.41) is 9.88. The van der Waals surface area contributed by atoms with Crippen molar-refractivity contribution in [2.75, 3.05) is 6.61 Å². The molecule has 0 aromatic heterocycles. The molecule has 1 aliphatic heterocycles. The first kappa shape index (κ1) is 15.1. The van der Waals surface area contributed by atoms with Gasteiger partial charge in [0, 0.05) is 6.42 Å². The van der Waals surface area contributed by atoms with Gasteiger partial charge in [-0.25, -0.2) is 0 Å². The van der Waals surface area contributed by atoms with Crippen LogP contribution in [0, 0.1) is 0 Å². The topological polar surface area (TPSA) is 42.0 Å². The average Bonchev–Trinajstić information content (AvgIpc) is 3.37. The van der Waals surface area contributed by atoms with E-state index in [9.17, 15) is 5.11 Å². The highest BCUT2D eigenvalue weighted by Gasteiger charge is 2.25. The summed E-state index contributed by atoms with van der Waals surface area (Å²) in [7, 11) is 0. The van der Waals surface area contributed by atoms with Crippen LogP contribution in [0.4, 0.5) is 0 Å². The number of benzene rings is 2. The number of rotatable bonds is 8. The first-order valence-electron chi connectivity index (χ1n) is 7.85. The molecule has 0 saturated carbocycles. The molecule has 1 N–H and O–H groups in total. The van der Waals surface area contributed by atoms with Crippen molar-refractivity contribution in [3.63, 3.8) is 0 Å². The van der Waals surface area contributed by atoms with E-state index in [1.807, 2.05) is 30.3 Å². The van der Waals surface area contributed by atoms with Gasteiger partial charge in [-0.3, -0.25) is 0 Å². The second-order valence-electron chi connectivity index (χ2n) is 5.80. The van der Waals surface area contributed by atoms with Gasteiger partial charge in [-0.15, -0.1) is 0 Å². The normalized spacial score (nSPS) is 18.0. The van der Waals surface area contributed by atoms with Crippen LogP contribution < -0.4 is 4.74 Å². The van der Waals surface area contributed by atoms with Crippen molar-refractivity contribution in [1.82, 2.24) is 0 Å². The summed E-state index contributed by atoms with van der Waals surface area (Å²) >= 11 is 0. The van der Waals surface area contributed by atoms with Gasteiger partial charge in [0.25, 0.3) is 0 Å². The smallest absolute Gasteiger partial charge is 0.119 e. The number of aliphatic hydroxyl groups is 1. The number of aryl methyl sites for hydroxylation is 1. The van der Waals surface area contributed by atoms with Crippen LogP contribution in [-0.2, 0) is 17.8 Å². The monoisotopic (exact) mass is 298 g/mol. The van der Waals surface area contributed by atoms with Crippen molar-refractivity contribution >= 4 is 0 Å². The molecule has 1 saturated heterocycles. The van der Waals surface area contributed by atoms with E-state index >= 15 is 0 Å². The highest BCUT2D eigenvalue weighted by atomic mass is 16.6. The average molecular weight is 298 g/mol. The molecule has 0 aliphatic carbocycles. The first-order valence-corrected chi connectivity index (χ1v) is 7.85. The molecule has 0 bridgehead atoms. The maximum atomic E-state index is 9.88. The van der Waals surface area contributed by atoms with E-state index in [0.717, 1.165) is 37.2 Å². The molecular formula is C19H22O3. The van der Waals surface area contributed by atoms with E-state index in [1.54, 1.807) is 0 Å². The Hall–Kier alpha value is -1.84. The Morgan fingerprint density at radius 1 is 1.05 bits per heavy atom. The minimum Gasteiger partial charge on any atom is -0.489 e. The molecule has 0 radical (unpaired) electrons. The SMILES string of the molecule is O[C@@H](CCc1ccc(OCc2ccccc2)cc1)C[C@H]1CO1. The lowest BCUT2D eigenvalue weighted by molar-refractivity contribution is 0.143. The number of epoxide rings is 1. The van der Waals surface area contributed by atoms with Gasteiger partial charge >= 0.3 is 0 Å². The highest BCUT2D eigenvalue weighted by molar-refractivity contribution is 5.28. The van der Waals surface area contributed by atoms with Crippen LogP contribution in [0.3, 0.4) is 0 Å². The summed E-state index contributed by atoms with van der Waals surface area (Å²) in [6.07, 6.45) is 2.46. The molecule has 116 valence electrons. The molecule has 2 aromatic rings. The second-order valence-corrected chi connectivity index (χ2v) is 5.80. The van der Waals surface area contributed by atoms with Gasteiger partial charge in [-0.2, -0.15) is 0 Å². The Kier molecular flexibility index (Phi) is 5.09. The number of hydrogen-bond donors (Lipinski definition) is 1. The van der Waals surface area contributed by atoms with Crippen molar-refractivity contribution in [3.8, 4) is 5.75 Å². The molecule has 1 aliphatic rings. The van der Waals surface area contributed by atoms with E-state index in [-0.39, 0.29) is 6.10 Å². The summed E-state index contributed by atoms with van der Waals surface area (Å²) in [5.74, 6) is 0.875. The van der Waals surface area contributed by atoms with E-state index in [1.165, 1.54) is 5.56 Å². The molecule has 0 amide bonds. The molecule has 0 spiro atoms. The summed E-state index contributed by atoms with van der Waals surface area (Å²) < 4.78 is 10.9. The lowest BCUT2D eigenvalue weighted by Crippen LogP contribution is -2.10. The van der Waals surface area contributed by atoms with Crippen molar-refractivity contribution in [1.29, 1.82) is 0 Å². The fourth-order valence-corrected chi connectivity index (χ4v) is 2.45. The van der Waals surface area contributed by atoms with Gasteiger partial charge in [-0.05, 0) is 36.1 Å². The summed E-state index contributed by atoms with van der Waals surface area (Å²) in [6, 6.07) is 18.3. The zero-order valence-electron chi connectivity index (χ0n) is 12.7. The van der Waals surface area contributed by atoms with Gasteiger partial charge in [0.05, 0.1) is 18.8 Å². The van der Waals surface area contributed by atoms with Gasteiger partial charge in [0.1, 0.15) is 12.4 Å². The van der Waals surface area contributed by atoms with Crippen LogP contribution in [0.5, 0.6) is 5.75 Å². The number of ether oxygens (including phenoxy) is 2. The minimum atomic E-state index is -0.262. The van der Waals surface area contributed by atoms with Crippen LogP contribution in [0.15, 0.2) is 54.6 Å². The molecule has 22 heavy (non-hydrogen) atoms. The molecular weight excluding hydrogens is 276 g/mol. The van der Waals surface area contributed by atoms with E-state index in [4.69, 9.17) is 9.47 Å². The number of hydrogen-bond acceptors (Lipinski definition) is 3. The Balaban J connectivity index is 1.43. The van der Waals surface area contributed by atoms with Crippen LogP contribution in [0.25, 0.3) is 0 Å².